The fourth-order valence-electron chi connectivity index (χ4n) is 1.52. The lowest BCUT2D eigenvalue weighted by molar-refractivity contribution is 0.246. The van der Waals surface area contributed by atoms with Gasteiger partial charge in [0.15, 0.2) is 0 Å². The number of ether oxygens (including phenoxy) is 1. The molecule has 0 unspecified atom stereocenters. The molecule has 1 heterocycles. The Morgan fingerprint density at radius 2 is 2.14 bits per heavy atom. The van der Waals surface area contributed by atoms with E-state index >= 15 is 0 Å². The fourth-order valence-corrected chi connectivity index (χ4v) is 1.52. The van der Waals surface area contributed by atoms with Crippen molar-refractivity contribution in [2.45, 2.75) is 19.8 Å². The molecule has 0 N–H and O–H groups in total. The third-order valence-electron chi connectivity index (χ3n) is 2.31. The number of hydrogen-bond donors (Lipinski definition) is 0. The first kappa shape index (κ1) is 9.19. The maximum absolute atomic E-state index is 5.56. The molecular formula is C11H14N2O. The van der Waals surface area contributed by atoms with Crippen LogP contribution in [0.25, 0.3) is 0 Å². The second kappa shape index (κ2) is 4.22. The number of nitrogens with zero attached hydrogens (tertiary/aromatic N) is 2. The molecule has 0 aromatic carbocycles. The van der Waals surface area contributed by atoms with Gasteiger partial charge < -0.3 is 4.74 Å². The molecule has 0 amide bonds. The van der Waals surface area contributed by atoms with Crippen LogP contribution in [0.15, 0.2) is 24.5 Å². The molecule has 0 atom stereocenters. The van der Waals surface area contributed by atoms with Crippen molar-refractivity contribution in [1.29, 1.82) is 0 Å². The summed E-state index contributed by atoms with van der Waals surface area (Å²) in [4.78, 5) is 8.26. The molecule has 1 aliphatic carbocycles. The van der Waals surface area contributed by atoms with Crippen molar-refractivity contribution in [1.82, 2.24) is 9.97 Å². The first-order valence-corrected chi connectivity index (χ1v) is 4.91. The molecule has 1 aromatic rings. The minimum absolute atomic E-state index is 0.623. The van der Waals surface area contributed by atoms with Gasteiger partial charge in [0, 0.05) is 6.20 Å². The second-order valence-electron chi connectivity index (χ2n) is 3.62. The Balaban J connectivity index is 1.85. The molecule has 3 nitrogen and oxygen atoms in total. The zero-order chi connectivity index (χ0) is 9.80. The van der Waals surface area contributed by atoms with E-state index in [1.54, 1.807) is 12.4 Å². The second-order valence-corrected chi connectivity index (χ2v) is 3.62. The SMILES string of the molecule is Cc1cncc(OCC2CC=CC2)n1. The van der Waals surface area contributed by atoms with Crippen molar-refractivity contribution in [3.63, 3.8) is 0 Å². The number of rotatable bonds is 3. The number of allylic oxidation sites excluding steroid dienone is 2. The van der Waals surface area contributed by atoms with Gasteiger partial charge in [0.1, 0.15) is 0 Å². The Bertz CT molecular complexity index is 328. The van der Waals surface area contributed by atoms with Crippen LogP contribution in [0.1, 0.15) is 18.5 Å². The summed E-state index contributed by atoms with van der Waals surface area (Å²) in [6.07, 6.45) is 10.0. The van der Waals surface area contributed by atoms with Gasteiger partial charge in [-0.3, -0.25) is 4.98 Å². The van der Waals surface area contributed by atoms with Crippen molar-refractivity contribution in [2.75, 3.05) is 6.61 Å². The van der Waals surface area contributed by atoms with E-state index < -0.39 is 0 Å². The number of aryl methyl sites for hydroxylation is 1. The van der Waals surface area contributed by atoms with Crippen LogP contribution in [0.3, 0.4) is 0 Å². The first-order valence-electron chi connectivity index (χ1n) is 4.91. The van der Waals surface area contributed by atoms with Crippen molar-refractivity contribution in [2.24, 2.45) is 5.92 Å². The summed E-state index contributed by atoms with van der Waals surface area (Å²) < 4.78 is 5.56. The summed E-state index contributed by atoms with van der Waals surface area (Å²) in [5, 5.41) is 0. The molecular weight excluding hydrogens is 176 g/mol. The van der Waals surface area contributed by atoms with Crippen LogP contribution in [0, 0.1) is 12.8 Å². The van der Waals surface area contributed by atoms with E-state index in [2.05, 4.69) is 22.1 Å². The summed E-state index contributed by atoms with van der Waals surface area (Å²) in [6.45, 7) is 2.65. The highest BCUT2D eigenvalue weighted by Crippen LogP contribution is 2.18. The van der Waals surface area contributed by atoms with Gasteiger partial charge in [-0.25, -0.2) is 4.98 Å². The smallest absolute Gasteiger partial charge is 0.232 e. The monoisotopic (exact) mass is 190 g/mol. The van der Waals surface area contributed by atoms with Crippen molar-refractivity contribution < 1.29 is 4.74 Å². The highest BCUT2D eigenvalue weighted by atomic mass is 16.5. The van der Waals surface area contributed by atoms with Crippen LogP contribution in [-0.4, -0.2) is 16.6 Å². The standard InChI is InChI=1S/C11H14N2O/c1-9-6-12-7-11(13-9)14-8-10-4-2-3-5-10/h2-3,6-7,10H,4-5,8H2,1H3. The van der Waals surface area contributed by atoms with Gasteiger partial charge in [-0.1, -0.05) is 12.2 Å². The largest absolute Gasteiger partial charge is 0.476 e. The zero-order valence-electron chi connectivity index (χ0n) is 8.31. The Morgan fingerprint density at radius 3 is 2.86 bits per heavy atom. The topological polar surface area (TPSA) is 35.0 Å². The van der Waals surface area contributed by atoms with Crippen LogP contribution in [0.2, 0.25) is 0 Å². The van der Waals surface area contributed by atoms with Gasteiger partial charge in [0.2, 0.25) is 5.88 Å². The Labute approximate surface area is 83.8 Å². The molecule has 0 fully saturated rings. The van der Waals surface area contributed by atoms with Crippen molar-refractivity contribution in [3.05, 3.63) is 30.2 Å². The molecule has 0 aliphatic heterocycles. The summed E-state index contributed by atoms with van der Waals surface area (Å²) in [6, 6.07) is 0. The van der Waals surface area contributed by atoms with Gasteiger partial charge in [0.05, 0.1) is 18.5 Å². The molecule has 0 saturated carbocycles. The molecule has 1 aromatic heterocycles. The molecule has 3 heteroatoms. The predicted molar refractivity (Wildman–Crippen MR) is 54.1 cm³/mol. The van der Waals surface area contributed by atoms with E-state index in [1.165, 1.54) is 0 Å². The van der Waals surface area contributed by atoms with Gasteiger partial charge in [-0.2, -0.15) is 0 Å². The van der Waals surface area contributed by atoms with Gasteiger partial charge in [0.25, 0.3) is 0 Å². The average Bonchev–Trinajstić information content (AvgIpc) is 2.67. The Morgan fingerprint density at radius 1 is 1.36 bits per heavy atom. The fraction of sp³-hybridized carbons (Fsp3) is 0.455. The summed E-state index contributed by atoms with van der Waals surface area (Å²) in [5.41, 5.74) is 0.895. The van der Waals surface area contributed by atoms with Crippen LogP contribution < -0.4 is 4.74 Å². The highest BCUT2D eigenvalue weighted by molar-refractivity contribution is 5.07. The minimum Gasteiger partial charge on any atom is -0.476 e. The van der Waals surface area contributed by atoms with Crippen molar-refractivity contribution in [3.8, 4) is 5.88 Å². The van der Waals surface area contributed by atoms with Gasteiger partial charge >= 0.3 is 0 Å². The van der Waals surface area contributed by atoms with Crippen molar-refractivity contribution >= 4 is 0 Å². The van der Waals surface area contributed by atoms with E-state index in [-0.39, 0.29) is 0 Å². The molecule has 0 radical (unpaired) electrons. The number of aromatic nitrogens is 2. The lowest BCUT2D eigenvalue weighted by atomic mass is 10.1. The van der Waals surface area contributed by atoms with E-state index in [4.69, 9.17) is 4.74 Å². The van der Waals surface area contributed by atoms with Gasteiger partial charge in [-0.05, 0) is 25.7 Å². The summed E-state index contributed by atoms with van der Waals surface area (Å²) >= 11 is 0. The average molecular weight is 190 g/mol. The molecule has 74 valence electrons. The van der Waals surface area contributed by atoms with E-state index in [1.807, 2.05) is 6.92 Å². The van der Waals surface area contributed by atoms with E-state index in [9.17, 15) is 0 Å². The predicted octanol–water partition coefficient (Wildman–Crippen LogP) is 2.13. The van der Waals surface area contributed by atoms with Gasteiger partial charge in [-0.15, -0.1) is 0 Å². The van der Waals surface area contributed by atoms with E-state index in [0.717, 1.165) is 25.1 Å². The first-order chi connectivity index (χ1) is 6.84. The molecule has 1 aliphatic rings. The van der Waals surface area contributed by atoms with Crippen LogP contribution in [0.5, 0.6) is 5.88 Å². The molecule has 0 saturated heterocycles. The lowest BCUT2D eigenvalue weighted by Gasteiger charge is -2.10. The lowest BCUT2D eigenvalue weighted by Crippen LogP contribution is -2.09. The quantitative estimate of drug-likeness (QED) is 0.685. The third-order valence-corrected chi connectivity index (χ3v) is 2.31. The summed E-state index contributed by atoms with van der Waals surface area (Å²) in [5.74, 6) is 1.26. The maximum Gasteiger partial charge on any atom is 0.232 e. The van der Waals surface area contributed by atoms with E-state index in [0.29, 0.717) is 11.8 Å². The van der Waals surface area contributed by atoms with Crippen LogP contribution in [0.4, 0.5) is 0 Å². The minimum atomic E-state index is 0.623. The molecule has 0 bridgehead atoms. The Hall–Kier alpha value is -1.38. The highest BCUT2D eigenvalue weighted by Gasteiger charge is 2.11. The van der Waals surface area contributed by atoms with Crippen LogP contribution in [-0.2, 0) is 0 Å². The maximum atomic E-state index is 5.56. The molecule has 0 spiro atoms. The third kappa shape index (κ3) is 2.31. The summed E-state index contributed by atoms with van der Waals surface area (Å²) in [7, 11) is 0. The van der Waals surface area contributed by atoms with Crippen LogP contribution >= 0.6 is 0 Å². The Kier molecular flexibility index (Phi) is 2.77. The number of hydrogen-bond acceptors (Lipinski definition) is 3. The molecule has 14 heavy (non-hydrogen) atoms. The normalized spacial score (nSPS) is 16.1. The molecule has 2 rings (SSSR count). The zero-order valence-corrected chi connectivity index (χ0v) is 8.31.